The van der Waals surface area contributed by atoms with E-state index in [0.717, 1.165) is 10.8 Å². The van der Waals surface area contributed by atoms with Gasteiger partial charge in [-0.25, -0.2) is 11.0 Å². The van der Waals surface area contributed by atoms with E-state index in [0.29, 0.717) is 15.7 Å². The van der Waals surface area contributed by atoms with E-state index in [4.69, 9.17) is 34.8 Å². The number of benzene rings is 2. The Kier molecular flexibility index (Phi) is 6.85. The number of carbonyl (C=O) groups is 1. The lowest BCUT2D eigenvalue weighted by Gasteiger charge is -2.12. The molecule has 2 aromatic carbocycles. The molecule has 0 unspecified atom stereocenters. The monoisotopic (exact) mass is 392 g/mol. The fraction of sp³-hybridized carbons (Fsp3) is 0.0588. The number of rotatable bonds is 6. The zero-order chi connectivity index (χ0) is 19.1. The zero-order valence-corrected chi connectivity index (χ0v) is 15.4. The Hall–Kier alpha value is -2.74. The van der Waals surface area contributed by atoms with Crippen LogP contribution in [0.15, 0.2) is 65.4 Å². The second-order valence-corrected chi connectivity index (χ2v) is 6.10. The van der Waals surface area contributed by atoms with Crippen molar-refractivity contribution in [1.82, 2.24) is 5.12 Å². The summed E-state index contributed by atoms with van der Waals surface area (Å²) < 4.78 is 0. The number of hydrogen-bond donors (Lipinski definition) is 4. The number of carbonyl (C=O) groups excluding carboxylic acids is 1. The van der Waals surface area contributed by atoms with Crippen LogP contribution in [0, 0.1) is 0 Å². The number of hydrazine groups is 1. The number of amides is 1. The van der Waals surface area contributed by atoms with Crippen molar-refractivity contribution in [3.63, 3.8) is 0 Å². The normalized spacial score (nSPS) is 11.8. The van der Waals surface area contributed by atoms with Gasteiger partial charge in [-0.1, -0.05) is 23.2 Å². The predicted octanol–water partition coefficient (Wildman–Crippen LogP) is 3.01. The molecule has 0 bridgehead atoms. The van der Waals surface area contributed by atoms with Crippen LogP contribution < -0.4 is 22.2 Å². The van der Waals surface area contributed by atoms with Gasteiger partial charge in [0, 0.05) is 34.7 Å². The highest BCUT2D eigenvalue weighted by Crippen LogP contribution is 2.16. The Bertz CT molecular complexity index is 816. The summed E-state index contributed by atoms with van der Waals surface area (Å²) in [7, 11) is 1.49. The lowest BCUT2D eigenvalue weighted by Crippen LogP contribution is -2.31. The van der Waals surface area contributed by atoms with Gasteiger partial charge in [-0.15, -0.1) is 5.10 Å². The Morgan fingerprint density at radius 3 is 2.04 bits per heavy atom. The molecule has 2 aromatic rings. The first-order valence-corrected chi connectivity index (χ1v) is 8.23. The van der Waals surface area contributed by atoms with E-state index < -0.39 is 5.91 Å². The Balaban J connectivity index is 2.24. The van der Waals surface area contributed by atoms with Gasteiger partial charge in [0.15, 0.2) is 5.84 Å². The maximum absolute atomic E-state index is 12.6. The van der Waals surface area contributed by atoms with Crippen molar-refractivity contribution < 1.29 is 4.79 Å². The standard InChI is InChI=1S/C17H18Cl2N6O/c1-25(21)24-16(20)15(10-22-13-6-2-11(18)3-7-13)17(26)23-14-8-4-12(19)5-9-14/h2-10,22H,21H2,1H3,(H2,20,24)(H,23,26)/b15-10-. The quantitative estimate of drug-likeness (QED) is 0.198. The second-order valence-electron chi connectivity index (χ2n) is 5.23. The first kappa shape index (κ1) is 19.6. The predicted molar refractivity (Wildman–Crippen MR) is 107 cm³/mol. The van der Waals surface area contributed by atoms with Crippen molar-refractivity contribution >= 4 is 46.3 Å². The molecule has 0 radical (unpaired) electrons. The van der Waals surface area contributed by atoms with Gasteiger partial charge in [-0.3, -0.25) is 4.79 Å². The molecule has 0 saturated carbocycles. The summed E-state index contributed by atoms with van der Waals surface area (Å²) in [5.41, 5.74) is 7.29. The maximum atomic E-state index is 12.6. The third kappa shape index (κ3) is 5.96. The molecule has 26 heavy (non-hydrogen) atoms. The Morgan fingerprint density at radius 1 is 1.04 bits per heavy atom. The average molecular weight is 393 g/mol. The van der Waals surface area contributed by atoms with Crippen molar-refractivity contribution in [3.05, 3.63) is 70.3 Å². The minimum absolute atomic E-state index is 0.0528. The summed E-state index contributed by atoms with van der Waals surface area (Å²) in [5.74, 6) is 4.97. The number of nitrogens with zero attached hydrogens (tertiary/aromatic N) is 2. The van der Waals surface area contributed by atoms with Crippen LogP contribution in [-0.4, -0.2) is 23.9 Å². The number of amidine groups is 1. The van der Waals surface area contributed by atoms with Gasteiger partial charge >= 0.3 is 0 Å². The molecule has 2 rings (SSSR count). The van der Waals surface area contributed by atoms with E-state index in [2.05, 4.69) is 15.7 Å². The molecule has 0 aliphatic heterocycles. The SMILES string of the molecule is CN(N)/N=C(N)/C(=C/Nc1ccc(Cl)cc1)C(=O)Nc1ccc(Cl)cc1. The number of nitrogens with one attached hydrogen (secondary N) is 2. The van der Waals surface area contributed by atoms with E-state index in [1.54, 1.807) is 48.5 Å². The van der Waals surface area contributed by atoms with Crippen LogP contribution in [0.4, 0.5) is 11.4 Å². The maximum Gasteiger partial charge on any atom is 0.260 e. The molecule has 0 aliphatic carbocycles. The number of hydrazone groups is 1. The molecular formula is C17H18Cl2N6O. The minimum atomic E-state index is -0.461. The van der Waals surface area contributed by atoms with Gasteiger partial charge in [-0.05, 0) is 48.5 Å². The topological polar surface area (TPSA) is 109 Å². The third-order valence-corrected chi connectivity index (χ3v) is 3.62. The molecule has 1 amide bonds. The number of nitrogens with two attached hydrogens (primary N) is 2. The molecule has 7 nitrogen and oxygen atoms in total. The number of halogens is 2. The molecule has 0 fully saturated rings. The zero-order valence-electron chi connectivity index (χ0n) is 13.9. The summed E-state index contributed by atoms with van der Waals surface area (Å²) >= 11 is 11.7. The molecule has 0 saturated heterocycles. The van der Waals surface area contributed by atoms with Gasteiger partial charge in [-0.2, -0.15) is 0 Å². The molecule has 0 aromatic heterocycles. The molecule has 136 valence electrons. The molecule has 0 spiro atoms. The largest absolute Gasteiger partial charge is 0.382 e. The van der Waals surface area contributed by atoms with Crippen LogP contribution in [0.25, 0.3) is 0 Å². The lowest BCUT2D eigenvalue weighted by molar-refractivity contribution is -0.112. The third-order valence-electron chi connectivity index (χ3n) is 3.12. The van der Waals surface area contributed by atoms with Gasteiger partial charge in [0.1, 0.15) is 0 Å². The van der Waals surface area contributed by atoms with Crippen LogP contribution in [0.5, 0.6) is 0 Å². The minimum Gasteiger partial charge on any atom is -0.382 e. The van der Waals surface area contributed by atoms with Crippen LogP contribution in [0.1, 0.15) is 0 Å². The number of anilines is 2. The number of hydrogen-bond acceptors (Lipinski definition) is 5. The summed E-state index contributed by atoms with van der Waals surface area (Å²) in [6, 6.07) is 13.6. The van der Waals surface area contributed by atoms with E-state index in [1.807, 2.05) is 0 Å². The van der Waals surface area contributed by atoms with Crippen molar-refractivity contribution in [1.29, 1.82) is 0 Å². The molecule has 9 heteroatoms. The molecule has 0 heterocycles. The summed E-state index contributed by atoms with van der Waals surface area (Å²) in [6.07, 6.45) is 1.44. The van der Waals surface area contributed by atoms with E-state index in [9.17, 15) is 4.79 Å². The van der Waals surface area contributed by atoms with Crippen molar-refractivity contribution in [2.75, 3.05) is 17.7 Å². The first-order valence-electron chi connectivity index (χ1n) is 7.47. The summed E-state index contributed by atoms with van der Waals surface area (Å²) in [6.45, 7) is 0. The van der Waals surface area contributed by atoms with Crippen LogP contribution in [0.3, 0.4) is 0 Å². The Labute approximate surface area is 161 Å². The highest BCUT2D eigenvalue weighted by molar-refractivity contribution is 6.31. The summed E-state index contributed by atoms with van der Waals surface area (Å²) in [4.78, 5) is 12.6. The van der Waals surface area contributed by atoms with Crippen molar-refractivity contribution in [2.45, 2.75) is 0 Å². The highest BCUT2D eigenvalue weighted by atomic mass is 35.5. The average Bonchev–Trinajstić information content (AvgIpc) is 2.58. The van der Waals surface area contributed by atoms with Crippen molar-refractivity contribution in [3.8, 4) is 0 Å². The van der Waals surface area contributed by atoms with Crippen LogP contribution >= 0.6 is 23.2 Å². The lowest BCUT2D eigenvalue weighted by atomic mass is 10.2. The molecular weight excluding hydrogens is 375 g/mol. The molecule has 0 atom stereocenters. The highest BCUT2D eigenvalue weighted by Gasteiger charge is 2.15. The fourth-order valence-electron chi connectivity index (χ4n) is 1.91. The van der Waals surface area contributed by atoms with Gasteiger partial charge < -0.3 is 16.4 Å². The first-order chi connectivity index (χ1) is 12.3. The fourth-order valence-corrected chi connectivity index (χ4v) is 2.16. The molecule has 6 N–H and O–H groups in total. The van der Waals surface area contributed by atoms with Gasteiger partial charge in [0.25, 0.3) is 5.91 Å². The Morgan fingerprint density at radius 2 is 1.54 bits per heavy atom. The van der Waals surface area contributed by atoms with Gasteiger partial charge in [0.2, 0.25) is 0 Å². The van der Waals surface area contributed by atoms with Gasteiger partial charge in [0.05, 0.1) is 5.57 Å². The van der Waals surface area contributed by atoms with Crippen LogP contribution in [-0.2, 0) is 4.79 Å². The van der Waals surface area contributed by atoms with E-state index >= 15 is 0 Å². The van der Waals surface area contributed by atoms with E-state index in [-0.39, 0.29) is 11.4 Å². The summed E-state index contributed by atoms with van der Waals surface area (Å²) in [5, 5.41) is 11.8. The second kappa shape index (κ2) is 9.10. The van der Waals surface area contributed by atoms with Crippen LogP contribution in [0.2, 0.25) is 10.0 Å². The molecule has 0 aliphatic rings. The van der Waals surface area contributed by atoms with E-state index in [1.165, 1.54) is 13.2 Å². The smallest absolute Gasteiger partial charge is 0.260 e. The van der Waals surface area contributed by atoms with Crippen molar-refractivity contribution in [2.24, 2.45) is 16.7 Å².